The fraction of sp³-hybridized carbons (Fsp3) is 0.533. The van der Waals surface area contributed by atoms with E-state index in [1.807, 2.05) is 17.9 Å². The van der Waals surface area contributed by atoms with Crippen molar-refractivity contribution >= 4 is 5.82 Å². The molecule has 4 nitrogen and oxygen atoms in total. The van der Waals surface area contributed by atoms with E-state index < -0.39 is 0 Å². The minimum absolute atomic E-state index is 0.456. The van der Waals surface area contributed by atoms with E-state index in [2.05, 4.69) is 12.1 Å². The van der Waals surface area contributed by atoms with Gasteiger partial charge in [0.15, 0.2) is 0 Å². The van der Waals surface area contributed by atoms with Crippen LogP contribution >= 0.6 is 0 Å². The van der Waals surface area contributed by atoms with Crippen molar-refractivity contribution in [1.82, 2.24) is 4.98 Å². The van der Waals surface area contributed by atoms with Crippen LogP contribution in [0.2, 0.25) is 0 Å². The first kappa shape index (κ1) is 13.4. The predicted octanol–water partition coefficient (Wildman–Crippen LogP) is 2.57. The predicted molar refractivity (Wildman–Crippen MR) is 73.7 cm³/mol. The first-order chi connectivity index (χ1) is 9.30. The summed E-state index contributed by atoms with van der Waals surface area (Å²) in [6.07, 6.45) is 4.85. The van der Waals surface area contributed by atoms with E-state index in [4.69, 9.17) is 10.2 Å². The van der Waals surface area contributed by atoms with Crippen LogP contribution in [0.5, 0.6) is 0 Å². The number of aryl methyl sites for hydroxylation is 2. The molecule has 4 heteroatoms. The van der Waals surface area contributed by atoms with Gasteiger partial charge in [-0.1, -0.05) is 0 Å². The first-order valence-electron chi connectivity index (χ1n) is 6.85. The molecule has 1 aromatic heterocycles. The number of rotatable bonds is 4. The molecule has 1 aliphatic carbocycles. The van der Waals surface area contributed by atoms with Crippen molar-refractivity contribution in [1.29, 1.82) is 10.5 Å². The van der Waals surface area contributed by atoms with E-state index in [1.165, 1.54) is 18.4 Å². The Labute approximate surface area is 114 Å². The summed E-state index contributed by atoms with van der Waals surface area (Å²) in [7, 11) is 0. The third-order valence-electron chi connectivity index (χ3n) is 3.58. The molecule has 0 bridgehead atoms. The van der Waals surface area contributed by atoms with Crippen LogP contribution in [-0.2, 0) is 12.8 Å². The molecule has 98 valence electrons. The Kier molecular flexibility index (Phi) is 4.36. The van der Waals surface area contributed by atoms with Crippen molar-refractivity contribution in [2.24, 2.45) is 0 Å². The maximum atomic E-state index is 9.31. The van der Waals surface area contributed by atoms with Crippen molar-refractivity contribution in [3.8, 4) is 12.1 Å². The molecule has 0 spiro atoms. The lowest BCUT2D eigenvalue weighted by atomic mass is 9.95. The molecule has 0 saturated heterocycles. The van der Waals surface area contributed by atoms with Gasteiger partial charge in [0.2, 0.25) is 0 Å². The van der Waals surface area contributed by atoms with Crippen LogP contribution in [0, 0.1) is 22.7 Å². The molecule has 1 heterocycles. The van der Waals surface area contributed by atoms with Gasteiger partial charge in [0, 0.05) is 18.8 Å². The molecule has 1 aliphatic rings. The van der Waals surface area contributed by atoms with Gasteiger partial charge in [0.05, 0.1) is 18.1 Å². The van der Waals surface area contributed by atoms with E-state index in [9.17, 15) is 5.26 Å². The van der Waals surface area contributed by atoms with Crippen LogP contribution < -0.4 is 4.90 Å². The summed E-state index contributed by atoms with van der Waals surface area (Å²) in [5.74, 6) is 0.751. The molecule has 0 aromatic carbocycles. The second-order valence-electron chi connectivity index (χ2n) is 4.77. The molecule has 0 radical (unpaired) electrons. The Morgan fingerprint density at radius 3 is 2.79 bits per heavy atom. The standard InChI is InChI=1S/C15H18N4/c1-2-19(9-5-8-16)15-13(11-17)10-12-6-3-4-7-14(12)18-15/h10H,2-7,9H2,1H3. The van der Waals surface area contributed by atoms with E-state index in [1.54, 1.807) is 0 Å². The van der Waals surface area contributed by atoms with Gasteiger partial charge in [0.1, 0.15) is 11.9 Å². The number of aromatic nitrogens is 1. The first-order valence-corrected chi connectivity index (χ1v) is 6.85. The van der Waals surface area contributed by atoms with Crippen LogP contribution in [0.3, 0.4) is 0 Å². The van der Waals surface area contributed by atoms with Gasteiger partial charge in [-0.3, -0.25) is 0 Å². The van der Waals surface area contributed by atoms with E-state index >= 15 is 0 Å². The normalized spacial score (nSPS) is 13.2. The van der Waals surface area contributed by atoms with Gasteiger partial charge in [0.25, 0.3) is 0 Å². The lowest BCUT2D eigenvalue weighted by Gasteiger charge is -2.24. The van der Waals surface area contributed by atoms with Crippen molar-refractivity contribution in [3.05, 3.63) is 22.9 Å². The third kappa shape index (κ3) is 2.85. The Morgan fingerprint density at radius 1 is 1.32 bits per heavy atom. The molecule has 19 heavy (non-hydrogen) atoms. The highest BCUT2D eigenvalue weighted by molar-refractivity contribution is 5.56. The molecular formula is C15H18N4. The maximum Gasteiger partial charge on any atom is 0.146 e. The molecule has 0 amide bonds. The Hall–Kier alpha value is -2.07. The average Bonchev–Trinajstić information content (AvgIpc) is 2.47. The highest BCUT2D eigenvalue weighted by Gasteiger charge is 2.18. The summed E-state index contributed by atoms with van der Waals surface area (Å²) in [5.41, 5.74) is 3.00. The fourth-order valence-electron chi connectivity index (χ4n) is 2.54. The number of hydrogen-bond acceptors (Lipinski definition) is 4. The number of nitriles is 2. The zero-order valence-electron chi connectivity index (χ0n) is 11.3. The fourth-order valence-corrected chi connectivity index (χ4v) is 2.54. The molecule has 0 saturated carbocycles. The van der Waals surface area contributed by atoms with Crippen LogP contribution in [0.4, 0.5) is 5.82 Å². The van der Waals surface area contributed by atoms with Crippen LogP contribution in [0.25, 0.3) is 0 Å². The lowest BCUT2D eigenvalue weighted by molar-refractivity contribution is 0.664. The summed E-state index contributed by atoms with van der Waals surface area (Å²) in [6.45, 7) is 3.43. The highest BCUT2D eigenvalue weighted by atomic mass is 15.2. The SMILES string of the molecule is CCN(CCC#N)c1nc2c(cc1C#N)CCCC2. The Bertz CT molecular complexity index is 536. The van der Waals surface area contributed by atoms with Crippen LogP contribution in [0.15, 0.2) is 6.07 Å². The quantitative estimate of drug-likeness (QED) is 0.828. The van der Waals surface area contributed by atoms with Gasteiger partial charge in [-0.05, 0) is 44.2 Å². The maximum absolute atomic E-state index is 9.31. The molecule has 0 fully saturated rings. The highest BCUT2D eigenvalue weighted by Crippen LogP contribution is 2.26. The zero-order chi connectivity index (χ0) is 13.7. The summed E-state index contributed by atoms with van der Waals surface area (Å²) < 4.78 is 0. The largest absolute Gasteiger partial charge is 0.355 e. The second kappa shape index (κ2) is 6.20. The van der Waals surface area contributed by atoms with Gasteiger partial charge in [-0.15, -0.1) is 0 Å². The zero-order valence-corrected chi connectivity index (χ0v) is 11.3. The number of fused-ring (bicyclic) bond motifs is 1. The average molecular weight is 254 g/mol. The van der Waals surface area contributed by atoms with Gasteiger partial charge < -0.3 is 4.90 Å². The van der Waals surface area contributed by atoms with Gasteiger partial charge >= 0.3 is 0 Å². The van der Waals surface area contributed by atoms with E-state index in [0.29, 0.717) is 18.5 Å². The molecule has 0 unspecified atom stereocenters. The molecule has 0 N–H and O–H groups in total. The van der Waals surface area contributed by atoms with Crippen LogP contribution in [0.1, 0.15) is 43.0 Å². The molecule has 1 aromatic rings. The topological polar surface area (TPSA) is 63.7 Å². The van der Waals surface area contributed by atoms with Crippen molar-refractivity contribution in [2.75, 3.05) is 18.0 Å². The number of hydrogen-bond donors (Lipinski definition) is 0. The van der Waals surface area contributed by atoms with Crippen LogP contribution in [-0.4, -0.2) is 18.1 Å². The van der Waals surface area contributed by atoms with Crippen molar-refractivity contribution in [2.45, 2.75) is 39.0 Å². The van der Waals surface area contributed by atoms with Crippen molar-refractivity contribution in [3.63, 3.8) is 0 Å². The molecular weight excluding hydrogens is 236 g/mol. The number of pyridine rings is 1. The minimum atomic E-state index is 0.456. The summed E-state index contributed by atoms with van der Waals surface area (Å²) in [6, 6.07) is 6.39. The Morgan fingerprint density at radius 2 is 2.11 bits per heavy atom. The van der Waals surface area contributed by atoms with E-state index in [0.717, 1.165) is 30.9 Å². The lowest BCUT2D eigenvalue weighted by Crippen LogP contribution is -2.26. The third-order valence-corrected chi connectivity index (χ3v) is 3.58. The molecule has 0 atom stereocenters. The Balaban J connectivity index is 2.38. The summed E-state index contributed by atoms with van der Waals surface area (Å²) in [4.78, 5) is 6.73. The smallest absolute Gasteiger partial charge is 0.146 e. The van der Waals surface area contributed by atoms with E-state index in [-0.39, 0.29) is 0 Å². The molecule has 0 aliphatic heterocycles. The number of anilines is 1. The van der Waals surface area contributed by atoms with Gasteiger partial charge in [-0.25, -0.2) is 4.98 Å². The van der Waals surface area contributed by atoms with Gasteiger partial charge in [-0.2, -0.15) is 10.5 Å². The monoisotopic (exact) mass is 254 g/mol. The summed E-state index contributed by atoms with van der Waals surface area (Å²) >= 11 is 0. The second-order valence-corrected chi connectivity index (χ2v) is 4.77. The van der Waals surface area contributed by atoms with Crippen molar-refractivity contribution < 1.29 is 0 Å². The summed E-state index contributed by atoms with van der Waals surface area (Å²) in [5, 5.41) is 18.0. The number of nitrogens with zero attached hydrogens (tertiary/aromatic N) is 4. The molecule has 2 rings (SSSR count). The minimum Gasteiger partial charge on any atom is -0.355 e.